The van der Waals surface area contributed by atoms with E-state index in [-0.39, 0.29) is 5.91 Å². The van der Waals surface area contributed by atoms with Crippen LogP contribution in [0.4, 0.5) is 5.69 Å². The topological polar surface area (TPSA) is 47.6 Å². The van der Waals surface area contributed by atoms with Crippen molar-refractivity contribution in [3.05, 3.63) is 59.7 Å². The number of hydrogen-bond donors (Lipinski definition) is 1. The zero-order valence-corrected chi connectivity index (χ0v) is 13.0. The summed E-state index contributed by atoms with van der Waals surface area (Å²) in [4.78, 5) is 12.3. The molecule has 0 fully saturated rings. The van der Waals surface area contributed by atoms with Crippen molar-refractivity contribution in [2.24, 2.45) is 0 Å². The number of carbonyl (C=O) groups excluding carboxylic acids is 1. The Bertz CT molecular complexity index is 625. The summed E-state index contributed by atoms with van der Waals surface area (Å²) < 4.78 is 10.8. The summed E-state index contributed by atoms with van der Waals surface area (Å²) >= 11 is 0. The van der Waals surface area contributed by atoms with E-state index in [0.29, 0.717) is 31.1 Å². The van der Waals surface area contributed by atoms with Crippen molar-refractivity contribution in [1.82, 2.24) is 0 Å². The number of ether oxygens (including phenoxy) is 2. The van der Waals surface area contributed by atoms with Crippen molar-refractivity contribution in [2.45, 2.75) is 13.8 Å². The quantitative estimate of drug-likeness (QED) is 0.794. The molecule has 4 heteroatoms. The molecule has 22 heavy (non-hydrogen) atoms. The monoisotopic (exact) mass is 299 g/mol. The van der Waals surface area contributed by atoms with Gasteiger partial charge in [0.05, 0.1) is 6.61 Å². The third-order valence-electron chi connectivity index (χ3n) is 3.07. The van der Waals surface area contributed by atoms with Crippen LogP contribution < -0.4 is 10.1 Å². The van der Waals surface area contributed by atoms with Crippen molar-refractivity contribution in [3.8, 4) is 5.75 Å². The van der Waals surface area contributed by atoms with E-state index >= 15 is 0 Å². The lowest BCUT2D eigenvalue weighted by atomic mass is 10.2. The highest BCUT2D eigenvalue weighted by Gasteiger charge is 2.07. The minimum atomic E-state index is -0.152. The average molecular weight is 299 g/mol. The minimum absolute atomic E-state index is 0.152. The van der Waals surface area contributed by atoms with E-state index in [2.05, 4.69) is 5.32 Å². The predicted octanol–water partition coefficient (Wildman–Crippen LogP) is 3.66. The highest BCUT2D eigenvalue weighted by Crippen LogP contribution is 2.16. The third kappa shape index (κ3) is 4.90. The van der Waals surface area contributed by atoms with Gasteiger partial charge in [-0.2, -0.15) is 0 Å². The van der Waals surface area contributed by atoms with Crippen LogP contribution in [0.25, 0.3) is 0 Å². The van der Waals surface area contributed by atoms with Gasteiger partial charge in [-0.3, -0.25) is 4.79 Å². The summed E-state index contributed by atoms with van der Waals surface area (Å²) in [5.74, 6) is 0.512. The van der Waals surface area contributed by atoms with E-state index in [1.165, 1.54) is 0 Å². The largest absolute Gasteiger partial charge is 0.491 e. The van der Waals surface area contributed by atoms with Gasteiger partial charge >= 0.3 is 0 Å². The molecule has 0 unspecified atom stereocenters. The molecule has 0 bridgehead atoms. The lowest BCUT2D eigenvalue weighted by molar-refractivity contribution is 0.102. The molecule has 0 aliphatic heterocycles. The fourth-order valence-electron chi connectivity index (χ4n) is 2.02. The van der Waals surface area contributed by atoms with Crippen LogP contribution in [-0.4, -0.2) is 25.7 Å². The predicted molar refractivity (Wildman–Crippen MR) is 87.6 cm³/mol. The normalized spacial score (nSPS) is 10.3. The van der Waals surface area contributed by atoms with Crippen LogP contribution >= 0.6 is 0 Å². The molecule has 2 aromatic rings. The average Bonchev–Trinajstić information content (AvgIpc) is 2.52. The lowest BCUT2D eigenvalue weighted by Crippen LogP contribution is -2.12. The smallest absolute Gasteiger partial charge is 0.255 e. The zero-order valence-electron chi connectivity index (χ0n) is 13.0. The second kappa shape index (κ2) is 8.20. The van der Waals surface area contributed by atoms with Gasteiger partial charge in [-0.05, 0) is 49.7 Å². The molecule has 0 heterocycles. The number of aryl methyl sites for hydroxylation is 1. The standard InChI is InChI=1S/C18H21NO3/c1-3-21-10-11-22-17-9-5-7-15(13-17)18(20)19-16-8-4-6-14(2)12-16/h4-9,12-13H,3,10-11H2,1-2H3,(H,19,20). The number of nitrogens with one attached hydrogen (secondary N) is 1. The SMILES string of the molecule is CCOCCOc1cccc(C(=O)Nc2cccc(C)c2)c1. The first-order valence-corrected chi connectivity index (χ1v) is 7.37. The Morgan fingerprint density at radius 2 is 1.91 bits per heavy atom. The van der Waals surface area contributed by atoms with Crippen LogP contribution in [-0.2, 0) is 4.74 Å². The Morgan fingerprint density at radius 3 is 2.68 bits per heavy atom. The molecule has 0 aromatic heterocycles. The van der Waals surface area contributed by atoms with Crippen molar-refractivity contribution in [1.29, 1.82) is 0 Å². The first-order valence-electron chi connectivity index (χ1n) is 7.37. The fraction of sp³-hybridized carbons (Fsp3) is 0.278. The summed E-state index contributed by atoms with van der Waals surface area (Å²) in [5.41, 5.74) is 2.45. The molecule has 0 aliphatic carbocycles. The van der Waals surface area contributed by atoms with Gasteiger partial charge in [0.1, 0.15) is 12.4 Å². The molecular weight excluding hydrogens is 278 g/mol. The number of carbonyl (C=O) groups is 1. The second-order valence-corrected chi connectivity index (χ2v) is 4.90. The Morgan fingerprint density at radius 1 is 1.09 bits per heavy atom. The van der Waals surface area contributed by atoms with Crippen LogP contribution in [0.1, 0.15) is 22.8 Å². The summed E-state index contributed by atoms with van der Waals surface area (Å²) in [6, 6.07) is 14.8. The van der Waals surface area contributed by atoms with Crippen molar-refractivity contribution < 1.29 is 14.3 Å². The molecule has 1 N–H and O–H groups in total. The van der Waals surface area contributed by atoms with Gasteiger partial charge in [0.2, 0.25) is 0 Å². The van der Waals surface area contributed by atoms with E-state index in [1.807, 2.05) is 44.2 Å². The van der Waals surface area contributed by atoms with E-state index < -0.39 is 0 Å². The van der Waals surface area contributed by atoms with Gasteiger partial charge in [-0.15, -0.1) is 0 Å². The Labute approximate surface area is 131 Å². The first kappa shape index (κ1) is 16.0. The fourth-order valence-corrected chi connectivity index (χ4v) is 2.02. The van der Waals surface area contributed by atoms with Gasteiger partial charge in [-0.1, -0.05) is 18.2 Å². The van der Waals surface area contributed by atoms with Crippen molar-refractivity contribution in [3.63, 3.8) is 0 Å². The maximum atomic E-state index is 12.3. The van der Waals surface area contributed by atoms with Gasteiger partial charge in [0.15, 0.2) is 0 Å². The number of hydrogen-bond acceptors (Lipinski definition) is 3. The van der Waals surface area contributed by atoms with Crippen LogP contribution in [0.3, 0.4) is 0 Å². The Balaban J connectivity index is 1.97. The van der Waals surface area contributed by atoms with Gasteiger partial charge in [-0.25, -0.2) is 0 Å². The summed E-state index contributed by atoms with van der Waals surface area (Å²) in [6.07, 6.45) is 0. The minimum Gasteiger partial charge on any atom is -0.491 e. The maximum absolute atomic E-state index is 12.3. The molecule has 2 aromatic carbocycles. The van der Waals surface area contributed by atoms with E-state index in [4.69, 9.17) is 9.47 Å². The molecule has 0 atom stereocenters. The van der Waals surface area contributed by atoms with Crippen molar-refractivity contribution >= 4 is 11.6 Å². The van der Waals surface area contributed by atoms with Crippen molar-refractivity contribution in [2.75, 3.05) is 25.1 Å². The molecule has 0 saturated heterocycles. The van der Waals surface area contributed by atoms with Crippen LogP contribution in [0, 0.1) is 6.92 Å². The molecule has 116 valence electrons. The molecular formula is C18H21NO3. The first-order chi connectivity index (χ1) is 10.7. The van der Waals surface area contributed by atoms with E-state index in [0.717, 1.165) is 11.3 Å². The molecule has 1 amide bonds. The molecule has 0 radical (unpaired) electrons. The Kier molecular flexibility index (Phi) is 5.98. The summed E-state index contributed by atoms with van der Waals surface area (Å²) in [5, 5.41) is 2.88. The number of rotatable bonds is 7. The lowest BCUT2D eigenvalue weighted by Gasteiger charge is -2.09. The molecule has 2 rings (SSSR count). The Hall–Kier alpha value is -2.33. The summed E-state index contributed by atoms with van der Waals surface area (Å²) in [6.45, 7) is 5.61. The number of anilines is 1. The second-order valence-electron chi connectivity index (χ2n) is 4.90. The zero-order chi connectivity index (χ0) is 15.8. The highest BCUT2D eigenvalue weighted by atomic mass is 16.5. The van der Waals surface area contributed by atoms with Crippen LogP contribution in [0.2, 0.25) is 0 Å². The van der Waals surface area contributed by atoms with Crippen LogP contribution in [0.5, 0.6) is 5.75 Å². The van der Waals surface area contributed by atoms with Gasteiger partial charge in [0.25, 0.3) is 5.91 Å². The molecule has 0 saturated carbocycles. The number of amides is 1. The molecule has 0 aliphatic rings. The number of benzene rings is 2. The van der Waals surface area contributed by atoms with Crippen LogP contribution in [0.15, 0.2) is 48.5 Å². The molecule has 4 nitrogen and oxygen atoms in total. The maximum Gasteiger partial charge on any atom is 0.255 e. The highest BCUT2D eigenvalue weighted by molar-refractivity contribution is 6.04. The van der Waals surface area contributed by atoms with Gasteiger partial charge < -0.3 is 14.8 Å². The van der Waals surface area contributed by atoms with E-state index in [1.54, 1.807) is 18.2 Å². The molecule has 0 spiro atoms. The third-order valence-corrected chi connectivity index (χ3v) is 3.07. The van der Waals surface area contributed by atoms with Gasteiger partial charge in [0, 0.05) is 17.9 Å². The summed E-state index contributed by atoms with van der Waals surface area (Å²) in [7, 11) is 0. The van der Waals surface area contributed by atoms with E-state index in [9.17, 15) is 4.79 Å².